The molecule has 47 heavy (non-hydrogen) atoms. The van der Waals surface area contributed by atoms with E-state index in [1.54, 1.807) is 0 Å². The standard InChI is InChI=1S/C31H33F4N5O7/c1-16(45-31(36)43)26-25(38-28(47-26)18-5-8-22(46-30(34)35)23(13-18)44-15-17-3-4-17)27(41)37-24(20-7-6-19(32)14-21(20)33)29(42)40-11-9-39(2)10-12-40/h5-8,13-14,16-17,24,30H,3-4,9-12,15H2,1-2H3,(H2,36,43)(H,37,41). The molecule has 5 rings (SSSR count). The predicted molar refractivity (Wildman–Crippen MR) is 157 cm³/mol. The zero-order chi connectivity index (χ0) is 33.8. The first-order valence-electron chi connectivity index (χ1n) is 14.8. The molecule has 2 fully saturated rings. The highest BCUT2D eigenvalue weighted by atomic mass is 19.3. The second kappa shape index (κ2) is 14.3. The van der Waals surface area contributed by atoms with Crippen molar-refractivity contribution in [3.05, 3.63) is 65.1 Å². The Labute approximate surface area is 266 Å². The molecule has 0 bridgehead atoms. The number of likely N-dealkylation sites (N-methyl/N-ethyl adjacent to an activating group) is 1. The molecule has 1 aliphatic heterocycles. The lowest BCUT2D eigenvalue weighted by atomic mass is 10.0. The molecule has 0 radical (unpaired) electrons. The van der Waals surface area contributed by atoms with Crippen molar-refractivity contribution in [2.75, 3.05) is 39.8 Å². The van der Waals surface area contributed by atoms with Crippen LogP contribution >= 0.6 is 0 Å². The number of nitrogens with two attached hydrogens (primary N) is 1. The lowest BCUT2D eigenvalue weighted by molar-refractivity contribution is -0.135. The van der Waals surface area contributed by atoms with Crippen molar-refractivity contribution in [1.29, 1.82) is 0 Å². The van der Waals surface area contributed by atoms with Gasteiger partial charge in [0.05, 0.1) is 6.61 Å². The van der Waals surface area contributed by atoms with Crippen molar-refractivity contribution >= 4 is 17.9 Å². The molecule has 2 aromatic carbocycles. The summed E-state index contributed by atoms with van der Waals surface area (Å²) in [7, 11) is 1.88. The molecule has 2 unspecified atom stereocenters. The number of oxazole rings is 1. The third-order valence-corrected chi connectivity index (χ3v) is 7.72. The van der Waals surface area contributed by atoms with Gasteiger partial charge in [0.25, 0.3) is 5.91 Å². The first-order chi connectivity index (χ1) is 22.4. The number of ether oxygens (including phenoxy) is 3. The Kier molecular flexibility index (Phi) is 10.2. The fourth-order valence-electron chi connectivity index (χ4n) is 4.98. The van der Waals surface area contributed by atoms with Crippen LogP contribution in [-0.2, 0) is 9.53 Å². The molecular formula is C31H33F4N5O7. The number of nitrogens with one attached hydrogen (secondary N) is 1. The van der Waals surface area contributed by atoms with Gasteiger partial charge in [-0.05, 0) is 57.0 Å². The SMILES string of the molecule is CC(OC(N)=O)c1oc(-c2ccc(OC(F)F)c(OCC3CC3)c2)nc1C(=O)NC(C(=O)N1CCN(C)CC1)c1ccc(F)cc1F. The van der Waals surface area contributed by atoms with E-state index in [4.69, 9.17) is 19.6 Å². The number of alkyl halides is 2. The van der Waals surface area contributed by atoms with Crippen molar-refractivity contribution in [3.8, 4) is 23.0 Å². The van der Waals surface area contributed by atoms with Crippen molar-refractivity contribution in [2.24, 2.45) is 11.7 Å². The van der Waals surface area contributed by atoms with Gasteiger partial charge < -0.3 is 39.5 Å². The van der Waals surface area contributed by atoms with E-state index >= 15 is 4.39 Å². The Morgan fingerprint density at radius 1 is 1.06 bits per heavy atom. The highest BCUT2D eigenvalue weighted by Crippen LogP contribution is 2.37. The number of carbonyl (C=O) groups is 3. The van der Waals surface area contributed by atoms with E-state index in [-0.39, 0.29) is 46.8 Å². The number of benzene rings is 2. The number of amides is 3. The lowest BCUT2D eigenvalue weighted by Gasteiger charge is -2.35. The van der Waals surface area contributed by atoms with E-state index in [1.165, 1.54) is 30.0 Å². The Morgan fingerprint density at radius 2 is 1.79 bits per heavy atom. The number of hydrogen-bond donors (Lipinski definition) is 2. The Bertz CT molecular complexity index is 1630. The monoisotopic (exact) mass is 663 g/mol. The maximum absolute atomic E-state index is 15.0. The second-order valence-electron chi connectivity index (χ2n) is 11.3. The van der Waals surface area contributed by atoms with Gasteiger partial charge in [0, 0.05) is 43.4 Å². The summed E-state index contributed by atoms with van der Waals surface area (Å²) in [4.78, 5) is 46.8. The molecule has 252 valence electrons. The molecule has 16 heteroatoms. The number of carbonyl (C=O) groups excluding carboxylic acids is 3. The average Bonchev–Trinajstić information content (AvgIpc) is 3.74. The summed E-state index contributed by atoms with van der Waals surface area (Å²) < 4.78 is 76.1. The Morgan fingerprint density at radius 3 is 2.43 bits per heavy atom. The molecule has 3 N–H and O–H groups in total. The molecule has 2 atom stereocenters. The molecule has 3 amide bonds. The van der Waals surface area contributed by atoms with Crippen LogP contribution < -0.4 is 20.5 Å². The van der Waals surface area contributed by atoms with Gasteiger partial charge in [-0.15, -0.1) is 0 Å². The zero-order valence-corrected chi connectivity index (χ0v) is 25.5. The highest BCUT2D eigenvalue weighted by Gasteiger charge is 2.35. The van der Waals surface area contributed by atoms with E-state index in [1.807, 2.05) is 11.9 Å². The van der Waals surface area contributed by atoms with Gasteiger partial charge in [0.1, 0.15) is 17.7 Å². The first-order valence-corrected chi connectivity index (χ1v) is 14.8. The topological polar surface area (TPSA) is 149 Å². The van der Waals surface area contributed by atoms with Crippen LogP contribution in [0.15, 0.2) is 40.8 Å². The summed E-state index contributed by atoms with van der Waals surface area (Å²) in [5.41, 5.74) is 4.64. The van der Waals surface area contributed by atoms with E-state index in [0.717, 1.165) is 25.0 Å². The molecule has 12 nitrogen and oxygen atoms in total. The largest absolute Gasteiger partial charge is 0.489 e. The molecule has 1 aromatic heterocycles. The number of rotatable bonds is 12. The third kappa shape index (κ3) is 8.30. The van der Waals surface area contributed by atoms with Crippen LogP contribution in [0.25, 0.3) is 11.5 Å². The number of piperazine rings is 1. The predicted octanol–water partition coefficient (Wildman–Crippen LogP) is 4.41. The first kappa shape index (κ1) is 33.5. The van der Waals surface area contributed by atoms with Crippen LogP contribution in [0.4, 0.5) is 22.4 Å². The zero-order valence-electron chi connectivity index (χ0n) is 25.5. The minimum absolute atomic E-state index is 0.0218. The van der Waals surface area contributed by atoms with Crippen molar-refractivity contribution in [2.45, 2.75) is 38.5 Å². The van der Waals surface area contributed by atoms with Crippen LogP contribution in [0, 0.1) is 17.6 Å². The fourth-order valence-corrected chi connectivity index (χ4v) is 4.98. The summed E-state index contributed by atoms with van der Waals surface area (Å²) in [5, 5.41) is 2.48. The maximum atomic E-state index is 15.0. The maximum Gasteiger partial charge on any atom is 0.405 e. The van der Waals surface area contributed by atoms with Gasteiger partial charge in [-0.2, -0.15) is 8.78 Å². The number of nitrogens with zero attached hydrogens (tertiary/aromatic N) is 3. The van der Waals surface area contributed by atoms with Crippen molar-refractivity contribution in [1.82, 2.24) is 20.1 Å². The van der Waals surface area contributed by atoms with Gasteiger partial charge in [-0.25, -0.2) is 18.6 Å². The summed E-state index contributed by atoms with van der Waals surface area (Å²) in [6, 6.07) is 4.92. The number of primary amides is 1. The van der Waals surface area contributed by atoms with Gasteiger partial charge in [-0.1, -0.05) is 6.07 Å². The van der Waals surface area contributed by atoms with Crippen molar-refractivity contribution in [3.63, 3.8) is 0 Å². The van der Waals surface area contributed by atoms with Crippen molar-refractivity contribution < 1.29 is 50.6 Å². The molecule has 1 aliphatic carbocycles. The van der Waals surface area contributed by atoms with Crippen LogP contribution in [0.3, 0.4) is 0 Å². The Hall–Kier alpha value is -4.86. The molecule has 3 aromatic rings. The van der Waals surface area contributed by atoms with E-state index < -0.39 is 54.0 Å². The quantitative estimate of drug-likeness (QED) is 0.269. The third-order valence-electron chi connectivity index (χ3n) is 7.72. The van der Waals surface area contributed by atoms with Crippen LogP contribution in [-0.4, -0.2) is 79.1 Å². The Balaban J connectivity index is 1.50. The molecule has 2 heterocycles. The fraction of sp³-hybridized carbons (Fsp3) is 0.419. The molecule has 1 saturated heterocycles. The average molecular weight is 664 g/mol. The van der Waals surface area contributed by atoms with Gasteiger partial charge >= 0.3 is 12.7 Å². The van der Waals surface area contributed by atoms with Gasteiger partial charge in [0.15, 0.2) is 29.1 Å². The second-order valence-corrected chi connectivity index (χ2v) is 11.3. The number of halogens is 4. The summed E-state index contributed by atoms with van der Waals surface area (Å²) in [6.45, 7) is 0.150. The molecule has 1 saturated carbocycles. The van der Waals surface area contributed by atoms with Crippen LogP contribution in [0.2, 0.25) is 0 Å². The van der Waals surface area contributed by atoms with E-state index in [0.29, 0.717) is 32.2 Å². The smallest absolute Gasteiger partial charge is 0.405 e. The van der Waals surface area contributed by atoms with Crippen LogP contribution in [0.5, 0.6) is 11.5 Å². The van der Waals surface area contributed by atoms with Crippen LogP contribution in [0.1, 0.15) is 53.7 Å². The number of aromatic nitrogens is 1. The van der Waals surface area contributed by atoms with Gasteiger partial charge in [0.2, 0.25) is 11.8 Å². The van der Waals surface area contributed by atoms with E-state index in [2.05, 4.69) is 15.0 Å². The highest BCUT2D eigenvalue weighted by molar-refractivity contribution is 5.97. The summed E-state index contributed by atoms with van der Waals surface area (Å²) in [5.74, 6) is -4.07. The molecule has 2 aliphatic rings. The van der Waals surface area contributed by atoms with Gasteiger partial charge in [-0.3, -0.25) is 9.59 Å². The lowest BCUT2D eigenvalue weighted by Crippen LogP contribution is -2.51. The minimum Gasteiger partial charge on any atom is -0.489 e. The minimum atomic E-state index is -3.12. The molecular weight excluding hydrogens is 630 g/mol. The van der Waals surface area contributed by atoms with E-state index in [9.17, 15) is 27.6 Å². The summed E-state index contributed by atoms with van der Waals surface area (Å²) in [6.07, 6.45) is -0.590. The molecule has 0 spiro atoms. The summed E-state index contributed by atoms with van der Waals surface area (Å²) >= 11 is 0. The number of hydrogen-bond acceptors (Lipinski definition) is 9. The normalized spacial score (nSPS) is 16.4.